The van der Waals surface area contributed by atoms with Crippen molar-refractivity contribution < 1.29 is 4.79 Å². The first-order valence-corrected chi connectivity index (χ1v) is 10.8. The number of halogens is 1. The number of pyridine rings is 1. The molecule has 0 radical (unpaired) electrons. The van der Waals surface area contributed by atoms with E-state index in [2.05, 4.69) is 20.5 Å². The van der Waals surface area contributed by atoms with Gasteiger partial charge < -0.3 is 5.32 Å². The molecule has 4 aromatic rings. The molecule has 2 N–H and O–H groups in total. The molecule has 158 valence electrons. The highest BCUT2D eigenvalue weighted by Crippen LogP contribution is 2.34. The van der Waals surface area contributed by atoms with Crippen LogP contribution >= 0.6 is 11.6 Å². The van der Waals surface area contributed by atoms with Crippen molar-refractivity contribution in [3.8, 4) is 0 Å². The number of carbonyl (C=O) groups excluding carboxylic acids is 1. The number of aromatic nitrogens is 4. The molecule has 0 unspecified atom stereocenters. The fourth-order valence-corrected chi connectivity index (χ4v) is 4.70. The number of carbonyl (C=O) groups is 1. The Morgan fingerprint density at radius 1 is 1.16 bits per heavy atom. The third-order valence-corrected chi connectivity index (χ3v) is 6.69. The molecule has 1 fully saturated rings. The summed E-state index contributed by atoms with van der Waals surface area (Å²) >= 11 is 6.32. The van der Waals surface area contributed by atoms with Crippen molar-refractivity contribution in [3.63, 3.8) is 0 Å². The van der Waals surface area contributed by atoms with Gasteiger partial charge in [0, 0.05) is 23.5 Å². The minimum absolute atomic E-state index is 0.0873. The molecule has 8 heteroatoms. The number of amides is 1. The highest BCUT2D eigenvalue weighted by atomic mass is 35.5. The summed E-state index contributed by atoms with van der Waals surface area (Å²) in [4.78, 5) is 29.2. The van der Waals surface area contributed by atoms with Crippen LogP contribution < -0.4 is 10.9 Å². The van der Waals surface area contributed by atoms with Gasteiger partial charge in [0.15, 0.2) is 5.65 Å². The van der Waals surface area contributed by atoms with Crippen molar-refractivity contribution in [2.75, 3.05) is 0 Å². The number of hydrogen-bond acceptors (Lipinski definition) is 4. The Labute approximate surface area is 183 Å². The normalized spacial score (nSPS) is 19.0. The van der Waals surface area contributed by atoms with Crippen molar-refractivity contribution in [1.82, 2.24) is 24.9 Å². The van der Waals surface area contributed by atoms with Crippen LogP contribution in [-0.2, 0) is 0 Å². The molecular weight excluding hydrogens is 414 g/mol. The zero-order valence-corrected chi connectivity index (χ0v) is 17.8. The number of aromatic amines is 1. The number of benzene rings is 1. The quantitative estimate of drug-likeness (QED) is 0.509. The number of fused-ring (bicyclic) bond motifs is 2. The summed E-state index contributed by atoms with van der Waals surface area (Å²) in [6.45, 7) is 1.91. The average Bonchev–Trinajstić information content (AvgIpc) is 3.22. The van der Waals surface area contributed by atoms with Crippen molar-refractivity contribution >= 4 is 33.9 Å². The van der Waals surface area contributed by atoms with Gasteiger partial charge in [-0.15, -0.1) is 0 Å². The van der Waals surface area contributed by atoms with Gasteiger partial charge in [-0.2, -0.15) is 5.10 Å². The molecule has 0 aliphatic heterocycles. The first-order valence-electron chi connectivity index (χ1n) is 10.4. The second-order valence-electron chi connectivity index (χ2n) is 8.16. The van der Waals surface area contributed by atoms with Crippen LogP contribution in [0.3, 0.4) is 0 Å². The van der Waals surface area contributed by atoms with Gasteiger partial charge in [0.2, 0.25) is 0 Å². The van der Waals surface area contributed by atoms with Gasteiger partial charge in [-0.05, 0) is 50.3 Å². The van der Waals surface area contributed by atoms with Crippen LogP contribution in [0.2, 0.25) is 5.02 Å². The van der Waals surface area contributed by atoms with Gasteiger partial charge in [0.05, 0.1) is 22.3 Å². The van der Waals surface area contributed by atoms with E-state index in [1.807, 2.05) is 43.5 Å². The van der Waals surface area contributed by atoms with Crippen molar-refractivity contribution in [2.24, 2.45) is 0 Å². The number of imidazole rings is 1. The van der Waals surface area contributed by atoms with Crippen LogP contribution in [0.1, 0.15) is 53.3 Å². The van der Waals surface area contributed by atoms with Crippen molar-refractivity contribution in [1.29, 1.82) is 0 Å². The van der Waals surface area contributed by atoms with Crippen molar-refractivity contribution in [3.05, 3.63) is 75.1 Å². The zero-order chi connectivity index (χ0) is 21.5. The summed E-state index contributed by atoms with van der Waals surface area (Å²) < 4.78 is 1.73. The van der Waals surface area contributed by atoms with Crippen LogP contribution in [0.25, 0.3) is 16.4 Å². The maximum absolute atomic E-state index is 12.9. The molecule has 1 aliphatic carbocycles. The molecule has 1 aliphatic rings. The lowest BCUT2D eigenvalue weighted by molar-refractivity contribution is 0.0919. The second-order valence-corrected chi connectivity index (χ2v) is 8.53. The number of nitrogens with one attached hydrogen (secondary N) is 2. The summed E-state index contributed by atoms with van der Waals surface area (Å²) in [6.07, 6.45) is 6.88. The van der Waals surface area contributed by atoms with Gasteiger partial charge in [-0.3, -0.25) is 14.0 Å². The van der Waals surface area contributed by atoms with Gasteiger partial charge in [0.1, 0.15) is 5.69 Å². The van der Waals surface area contributed by atoms with Gasteiger partial charge in [-0.1, -0.05) is 29.8 Å². The molecule has 3 aromatic heterocycles. The molecule has 0 spiro atoms. The van der Waals surface area contributed by atoms with Gasteiger partial charge in [-0.25, -0.2) is 10.1 Å². The highest BCUT2D eigenvalue weighted by Gasteiger charge is 2.27. The topological polar surface area (TPSA) is 92.1 Å². The number of rotatable bonds is 3. The van der Waals surface area contributed by atoms with E-state index in [1.54, 1.807) is 10.6 Å². The van der Waals surface area contributed by atoms with E-state index in [1.165, 1.54) is 0 Å². The third-order valence-electron chi connectivity index (χ3n) is 6.22. The summed E-state index contributed by atoms with van der Waals surface area (Å²) in [7, 11) is 0. The summed E-state index contributed by atoms with van der Waals surface area (Å²) in [6, 6.07) is 9.54. The Kier molecular flexibility index (Phi) is 4.98. The van der Waals surface area contributed by atoms with E-state index < -0.39 is 0 Å². The smallest absolute Gasteiger partial charge is 0.272 e. The van der Waals surface area contributed by atoms with Crippen LogP contribution in [0.15, 0.2) is 47.5 Å². The predicted octanol–water partition coefficient (Wildman–Crippen LogP) is 3.99. The molecule has 5 rings (SSSR count). The Balaban J connectivity index is 1.30. The van der Waals surface area contributed by atoms with Gasteiger partial charge >= 0.3 is 0 Å². The van der Waals surface area contributed by atoms with E-state index >= 15 is 0 Å². The number of H-pyrrole nitrogens is 1. The van der Waals surface area contributed by atoms with Crippen LogP contribution in [0, 0.1) is 6.92 Å². The predicted molar refractivity (Wildman–Crippen MR) is 120 cm³/mol. The first-order chi connectivity index (χ1) is 15.0. The molecule has 3 heterocycles. The molecule has 0 atom stereocenters. The number of aryl methyl sites for hydroxylation is 1. The monoisotopic (exact) mass is 435 g/mol. The molecule has 31 heavy (non-hydrogen) atoms. The van der Waals surface area contributed by atoms with E-state index in [-0.39, 0.29) is 23.4 Å². The maximum Gasteiger partial charge on any atom is 0.272 e. The number of hydrogen-bond donors (Lipinski definition) is 2. The van der Waals surface area contributed by atoms with Crippen LogP contribution in [0.4, 0.5) is 0 Å². The molecular formula is C23H22ClN5O2. The third kappa shape index (κ3) is 3.49. The summed E-state index contributed by atoms with van der Waals surface area (Å²) in [5.74, 6) is 0.107. The Morgan fingerprint density at radius 2 is 1.90 bits per heavy atom. The fraction of sp³-hybridized carbons (Fsp3) is 0.304. The average molecular weight is 436 g/mol. The Hall–Kier alpha value is -3.19. The number of nitrogens with zero attached hydrogens (tertiary/aromatic N) is 3. The highest BCUT2D eigenvalue weighted by molar-refractivity contribution is 6.34. The van der Waals surface area contributed by atoms with E-state index in [4.69, 9.17) is 11.6 Å². The zero-order valence-electron chi connectivity index (χ0n) is 17.1. The van der Waals surface area contributed by atoms with Gasteiger partial charge in [0.25, 0.3) is 11.5 Å². The molecule has 1 amide bonds. The molecule has 1 aromatic carbocycles. The maximum atomic E-state index is 12.9. The Bertz CT molecular complexity index is 1350. The fourth-order valence-electron chi connectivity index (χ4n) is 4.50. The summed E-state index contributed by atoms with van der Waals surface area (Å²) in [5, 5.41) is 12.3. The van der Waals surface area contributed by atoms with Crippen LogP contribution in [-0.4, -0.2) is 31.5 Å². The standard InChI is InChI=1S/C23H22ClN5O2/c1-13-10-11-29-18(12-25-21(29)19(13)24)23(31)26-15-8-6-14(7-9-15)20-16-4-2-3-5-17(16)22(30)28-27-20/h2-5,10-12,14-15H,6-9H2,1H3,(H,26,31)(H,28,30)/t14-,15-. The van der Waals surface area contributed by atoms with E-state index in [0.717, 1.165) is 42.3 Å². The first kappa shape index (κ1) is 19.8. The Morgan fingerprint density at radius 3 is 2.68 bits per heavy atom. The van der Waals surface area contributed by atoms with Crippen LogP contribution in [0.5, 0.6) is 0 Å². The summed E-state index contributed by atoms with van der Waals surface area (Å²) in [5.41, 5.74) is 2.77. The molecule has 7 nitrogen and oxygen atoms in total. The molecule has 1 saturated carbocycles. The second kappa shape index (κ2) is 7.81. The minimum atomic E-state index is -0.163. The lowest BCUT2D eigenvalue weighted by Gasteiger charge is -2.29. The molecule has 0 bridgehead atoms. The van der Waals surface area contributed by atoms with Crippen molar-refractivity contribution in [2.45, 2.75) is 44.6 Å². The van der Waals surface area contributed by atoms with E-state index in [9.17, 15) is 9.59 Å². The minimum Gasteiger partial charge on any atom is -0.348 e. The SMILES string of the molecule is Cc1ccn2c(C(=O)N[C@H]3CC[C@H](c4n[nH]c(=O)c5ccccc54)CC3)cnc2c1Cl. The van der Waals surface area contributed by atoms with E-state index in [0.29, 0.717) is 21.7 Å². The lowest BCUT2D eigenvalue weighted by atomic mass is 9.82. The lowest BCUT2D eigenvalue weighted by Crippen LogP contribution is -2.38. The largest absolute Gasteiger partial charge is 0.348 e. The molecule has 0 saturated heterocycles.